The Morgan fingerprint density at radius 2 is 1.83 bits per heavy atom. The zero-order valence-electron chi connectivity index (χ0n) is 10.1. The Morgan fingerprint density at radius 3 is 2.50 bits per heavy atom. The van der Waals surface area contributed by atoms with Crippen LogP contribution in [0, 0.1) is 0 Å². The van der Waals surface area contributed by atoms with Crippen molar-refractivity contribution in [2.75, 3.05) is 24.6 Å². The van der Waals surface area contributed by atoms with Crippen LogP contribution in [0.5, 0.6) is 0 Å². The fourth-order valence-electron chi connectivity index (χ4n) is 1.79. The third-order valence-electron chi connectivity index (χ3n) is 2.75. The molecule has 0 bridgehead atoms. The van der Waals surface area contributed by atoms with Crippen LogP contribution < -0.4 is 5.32 Å². The summed E-state index contributed by atoms with van der Waals surface area (Å²) in [6.45, 7) is 1.43. The molecule has 2 rings (SSSR count). The molecule has 5 heteroatoms. The zero-order valence-corrected chi connectivity index (χ0v) is 10.9. The van der Waals surface area contributed by atoms with Gasteiger partial charge in [-0.25, -0.2) is 4.79 Å². The Kier molecular flexibility index (Phi) is 4.64. The highest BCUT2D eigenvalue weighted by atomic mass is 32.2. The van der Waals surface area contributed by atoms with Crippen LogP contribution in [0.25, 0.3) is 0 Å². The molecule has 0 radical (unpaired) electrons. The Labute approximate surface area is 111 Å². The summed E-state index contributed by atoms with van der Waals surface area (Å²) in [7, 11) is 0. The molecule has 0 saturated carbocycles. The zero-order chi connectivity index (χ0) is 12.8. The van der Waals surface area contributed by atoms with Crippen LogP contribution >= 0.6 is 11.8 Å². The monoisotopic (exact) mass is 264 g/mol. The number of carbonyl (C=O) groups excluding carboxylic acids is 2. The minimum Gasteiger partial charge on any atom is -0.323 e. The van der Waals surface area contributed by atoms with Gasteiger partial charge in [-0.2, -0.15) is 11.8 Å². The van der Waals surface area contributed by atoms with Gasteiger partial charge in [0.2, 0.25) is 5.91 Å². The number of nitrogens with zero attached hydrogens (tertiary/aromatic N) is 1. The molecule has 96 valence electrons. The van der Waals surface area contributed by atoms with Gasteiger partial charge < -0.3 is 4.90 Å². The van der Waals surface area contributed by atoms with E-state index < -0.39 is 0 Å². The van der Waals surface area contributed by atoms with Gasteiger partial charge in [0.1, 0.15) is 0 Å². The van der Waals surface area contributed by atoms with Crippen LogP contribution in [0.2, 0.25) is 0 Å². The summed E-state index contributed by atoms with van der Waals surface area (Å²) in [5.74, 6) is 1.64. The van der Waals surface area contributed by atoms with Crippen molar-refractivity contribution in [3.63, 3.8) is 0 Å². The van der Waals surface area contributed by atoms with E-state index in [-0.39, 0.29) is 18.4 Å². The van der Waals surface area contributed by atoms with Crippen molar-refractivity contribution in [2.45, 2.75) is 6.42 Å². The van der Waals surface area contributed by atoms with E-state index in [0.29, 0.717) is 0 Å². The Hall–Kier alpha value is -1.49. The molecule has 1 aliphatic rings. The standard InChI is InChI=1S/C13H16N2O2S/c16-12(10-11-4-2-1-3-5-11)14-13(17)15-6-8-18-9-7-15/h1-5H,6-10H2,(H,14,16,17). The van der Waals surface area contributed by atoms with Gasteiger partial charge in [0.05, 0.1) is 6.42 Å². The van der Waals surface area contributed by atoms with Crippen LogP contribution in [0.1, 0.15) is 5.56 Å². The molecule has 1 heterocycles. The van der Waals surface area contributed by atoms with Crippen molar-refractivity contribution < 1.29 is 9.59 Å². The number of rotatable bonds is 2. The van der Waals surface area contributed by atoms with E-state index in [1.165, 1.54) is 0 Å². The molecule has 0 aliphatic carbocycles. The molecule has 1 saturated heterocycles. The minimum absolute atomic E-state index is 0.245. The molecular weight excluding hydrogens is 248 g/mol. The third-order valence-corrected chi connectivity index (χ3v) is 3.69. The lowest BCUT2D eigenvalue weighted by molar-refractivity contribution is -0.119. The molecule has 0 unspecified atom stereocenters. The van der Waals surface area contributed by atoms with E-state index in [1.54, 1.807) is 4.90 Å². The lowest BCUT2D eigenvalue weighted by atomic mass is 10.1. The highest BCUT2D eigenvalue weighted by Gasteiger charge is 2.18. The van der Waals surface area contributed by atoms with E-state index in [1.807, 2.05) is 42.1 Å². The Morgan fingerprint density at radius 1 is 1.17 bits per heavy atom. The number of urea groups is 1. The van der Waals surface area contributed by atoms with Gasteiger partial charge in [-0.05, 0) is 5.56 Å². The van der Waals surface area contributed by atoms with Crippen molar-refractivity contribution in [1.29, 1.82) is 0 Å². The lowest BCUT2D eigenvalue weighted by Crippen LogP contribution is -2.46. The van der Waals surface area contributed by atoms with Gasteiger partial charge in [-0.1, -0.05) is 30.3 Å². The molecule has 1 fully saturated rings. The first-order valence-electron chi connectivity index (χ1n) is 5.96. The number of carbonyl (C=O) groups is 2. The highest BCUT2D eigenvalue weighted by Crippen LogP contribution is 2.09. The van der Waals surface area contributed by atoms with Crippen molar-refractivity contribution in [1.82, 2.24) is 10.2 Å². The topological polar surface area (TPSA) is 49.4 Å². The second kappa shape index (κ2) is 6.44. The molecular formula is C13H16N2O2S. The van der Waals surface area contributed by atoms with E-state index in [0.717, 1.165) is 30.2 Å². The summed E-state index contributed by atoms with van der Waals surface area (Å²) in [4.78, 5) is 25.2. The molecule has 4 nitrogen and oxygen atoms in total. The lowest BCUT2D eigenvalue weighted by Gasteiger charge is -2.26. The number of hydrogen-bond acceptors (Lipinski definition) is 3. The molecule has 18 heavy (non-hydrogen) atoms. The normalized spacial score (nSPS) is 15.2. The quantitative estimate of drug-likeness (QED) is 0.881. The van der Waals surface area contributed by atoms with Crippen LogP contribution in [0.4, 0.5) is 4.79 Å². The SMILES string of the molecule is O=C(Cc1ccccc1)NC(=O)N1CCSCC1. The maximum atomic E-state index is 11.8. The number of nitrogens with one attached hydrogen (secondary N) is 1. The average molecular weight is 264 g/mol. The maximum Gasteiger partial charge on any atom is 0.324 e. The summed E-state index contributed by atoms with van der Waals surface area (Å²) >= 11 is 1.83. The van der Waals surface area contributed by atoms with Crippen LogP contribution in [0.15, 0.2) is 30.3 Å². The van der Waals surface area contributed by atoms with Gasteiger partial charge in [0.25, 0.3) is 0 Å². The number of thioether (sulfide) groups is 1. The van der Waals surface area contributed by atoms with Gasteiger partial charge in [-0.15, -0.1) is 0 Å². The first-order valence-corrected chi connectivity index (χ1v) is 7.11. The Balaban J connectivity index is 1.82. The summed E-state index contributed by atoms with van der Waals surface area (Å²) in [5.41, 5.74) is 0.914. The van der Waals surface area contributed by atoms with Crippen LogP contribution in [-0.2, 0) is 11.2 Å². The number of imide groups is 1. The fourth-order valence-corrected chi connectivity index (χ4v) is 2.69. The highest BCUT2D eigenvalue weighted by molar-refractivity contribution is 7.99. The van der Waals surface area contributed by atoms with E-state index in [4.69, 9.17) is 0 Å². The Bertz CT molecular complexity index is 416. The van der Waals surface area contributed by atoms with Crippen molar-refractivity contribution in [3.8, 4) is 0 Å². The summed E-state index contributed by atoms with van der Waals surface area (Å²) in [6, 6.07) is 9.15. The van der Waals surface area contributed by atoms with E-state index >= 15 is 0 Å². The number of hydrogen-bond donors (Lipinski definition) is 1. The van der Waals surface area contributed by atoms with Crippen LogP contribution in [-0.4, -0.2) is 41.4 Å². The molecule has 3 amide bonds. The van der Waals surface area contributed by atoms with Crippen molar-refractivity contribution in [2.24, 2.45) is 0 Å². The molecule has 0 aromatic heterocycles. The summed E-state index contributed by atoms with van der Waals surface area (Å²) < 4.78 is 0. The second-order valence-electron chi connectivity index (χ2n) is 4.12. The van der Waals surface area contributed by atoms with Crippen molar-refractivity contribution >= 4 is 23.7 Å². The second-order valence-corrected chi connectivity index (χ2v) is 5.34. The predicted octanol–water partition coefficient (Wildman–Crippen LogP) is 1.51. The maximum absolute atomic E-state index is 11.8. The molecule has 1 N–H and O–H groups in total. The molecule has 0 atom stereocenters. The molecule has 1 aromatic carbocycles. The minimum atomic E-state index is -0.267. The van der Waals surface area contributed by atoms with Crippen LogP contribution in [0.3, 0.4) is 0 Å². The summed E-state index contributed by atoms with van der Waals surface area (Å²) in [6.07, 6.45) is 0.245. The van der Waals surface area contributed by atoms with E-state index in [2.05, 4.69) is 5.32 Å². The fraction of sp³-hybridized carbons (Fsp3) is 0.385. The third kappa shape index (κ3) is 3.77. The predicted molar refractivity (Wildman–Crippen MR) is 72.6 cm³/mol. The number of benzene rings is 1. The van der Waals surface area contributed by atoms with Gasteiger partial charge in [-0.3, -0.25) is 10.1 Å². The smallest absolute Gasteiger partial charge is 0.323 e. The van der Waals surface area contributed by atoms with Gasteiger partial charge >= 0.3 is 6.03 Å². The van der Waals surface area contributed by atoms with Crippen molar-refractivity contribution in [3.05, 3.63) is 35.9 Å². The number of amides is 3. The molecule has 1 aromatic rings. The van der Waals surface area contributed by atoms with Gasteiger partial charge in [0, 0.05) is 24.6 Å². The molecule has 1 aliphatic heterocycles. The van der Waals surface area contributed by atoms with Gasteiger partial charge in [0.15, 0.2) is 0 Å². The molecule has 0 spiro atoms. The summed E-state index contributed by atoms with van der Waals surface area (Å²) in [5, 5.41) is 2.44. The largest absolute Gasteiger partial charge is 0.324 e. The first kappa shape index (κ1) is 13.0. The first-order chi connectivity index (χ1) is 8.75. The average Bonchev–Trinajstić information content (AvgIpc) is 2.40. The van der Waals surface area contributed by atoms with E-state index in [9.17, 15) is 9.59 Å².